The van der Waals surface area contributed by atoms with Crippen LogP contribution in [0.2, 0.25) is 0 Å². The molecule has 0 bridgehead atoms. The maximum Gasteiger partial charge on any atom is 0.146 e. The molecule has 0 aliphatic rings. The fourth-order valence-electron chi connectivity index (χ4n) is 2.16. The van der Waals surface area contributed by atoms with Crippen LogP contribution in [-0.4, -0.2) is 4.98 Å². The Labute approximate surface area is 122 Å². The third kappa shape index (κ3) is 2.79. The zero-order valence-electron chi connectivity index (χ0n) is 11.6. The molecule has 0 unspecified atom stereocenters. The van der Waals surface area contributed by atoms with Gasteiger partial charge < -0.3 is 10.5 Å². The summed E-state index contributed by atoms with van der Waals surface area (Å²) in [5.41, 5.74) is 8.07. The topological polar surface area (TPSA) is 48.1 Å². The summed E-state index contributed by atoms with van der Waals surface area (Å²) in [7, 11) is 0. The number of pyridine rings is 1. The molecule has 0 aliphatic carbocycles. The third-order valence-corrected chi connectivity index (χ3v) is 3.28. The van der Waals surface area contributed by atoms with Crippen molar-refractivity contribution < 1.29 is 9.13 Å². The molecule has 0 saturated heterocycles. The Bertz CT molecular complexity index is 802. The highest BCUT2D eigenvalue weighted by atomic mass is 19.1. The molecule has 2 N–H and O–H groups in total. The summed E-state index contributed by atoms with van der Waals surface area (Å²) in [6.45, 7) is 2.21. The average Bonchev–Trinajstić information content (AvgIpc) is 2.48. The van der Waals surface area contributed by atoms with Crippen molar-refractivity contribution in [1.82, 2.24) is 4.98 Å². The summed E-state index contributed by atoms with van der Waals surface area (Å²) in [6.07, 6.45) is 0. The molecule has 3 nitrogen and oxygen atoms in total. The lowest BCUT2D eigenvalue weighted by molar-refractivity contribution is 0.309. The van der Waals surface area contributed by atoms with Crippen LogP contribution in [0.15, 0.2) is 48.5 Å². The van der Waals surface area contributed by atoms with Crippen LogP contribution in [0.1, 0.15) is 11.3 Å². The van der Waals surface area contributed by atoms with Crippen molar-refractivity contribution in [1.29, 1.82) is 0 Å². The Balaban J connectivity index is 1.88. The van der Waals surface area contributed by atoms with Crippen molar-refractivity contribution in [3.63, 3.8) is 0 Å². The second kappa shape index (κ2) is 5.40. The molecule has 0 fully saturated rings. The fraction of sp³-hybridized carbons (Fsp3) is 0.118. The molecule has 106 valence electrons. The zero-order valence-corrected chi connectivity index (χ0v) is 11.6. The summed E-state index contributed by atoms with van der Waals surface area (Å²) in [6, 6.07) is 14.4. The molecule has 0 atom stereocenters. The number of halogens is 1. The highest BCUT2D eigenvalue weighted by molar-refractivity contribution is 5.84. The molecule has 21 heavy (non-hydrogen) atoms. The van der Waals surface area contributed by atoms with Gasteiger partial charge in [-0.25, -0.2) is 9.37 Å². The van der Waals surface area contributed by atoms with Crippen molar-refractivity contribution >= 4 is 16.6 Å². The van der Waals surface area contributed by atoms with E-state index in [-0.39, 0.29) is 12.3 Å². The van der Waals surface area contributed by atoms with Crippen LogP contribution in [0.4, 0.5) is 10.1 Å². The summed E-state index contributed by atoms with van der Waals surface area (Å²) in [4.78, 5) is 4.50. The van der Waals surface area contributed by atoms with Crippen molar-refractivity contribution in [2.45, 2.75) is 13.5 Å². The second-order valence-electron chi connectivity index (χ2n) is 4.93. The number of ether oxygens (including phenoxy) is 1. The lowest BCUT2D eigenvalue weighted by atomic mass is 10.2. The summed E-state index contributed by atoms with van der Waals surface area (Å²) in [5.74, 6) is 0.261. The minimum absolute atomic E-state index is 0.140. The number of benzene rings is 2. The van der Waals surface area contributed by atoms with Gasteiger partial charge in [0.25, 0.3) is 0 Å². The monoisotopic (exact) mass is 282 g/mol. The van der Waals surface area contributed by atoms with Gasteiger partial charge >= 0.3 is 0 Å². The van der Waals surface area contributed by atoms with Gasteiger partial charge in [0.2, 0.25) is 0 Å². The van der Waals surface area contributed by atoms with E-state index in [1.54, 1.807) is 12.1 Å². The second-order valence-corrected chi connectivity index (χ2v) is 4.93. The van der Waals surface area contributed by atoms with Crippen LogP contribution in [0.5, 0.6) is 5.75 Å². The molecule has 2 aromatic carbocycles. The van der Waals surface area contributed by atoms with E-state index in [1.165, 1.54) is 6.07 Å². The van der Waals surface area contributed by atoms with Gasteiger partial charge in [-0.05, 0) is 36.8 Å². The Kier molecular flexibility index (Phi) is 3.44. The Morgan fingerprint density at radius 1 is 1.14 bits per heavy atom. The maximum absolute atomic E-state index is 13.4. The molecule has 0 saturated carbocycles. The smallest absolute Gasteiger partial charge is 0.146 e. The first-order valence-corrected chi connectivity index (χ1v) is 6.66. The van der Waals surface area contributed by atoms with E-state index in [9.17, 15) is 4.39 Å². The zero-order chi connectivity index (χ0) is 14.8. The number of nitrogens with two attached hydrogens (primary N) is 1. The Hall–Kier alpha value is -2.62. The summed E-state index contributed by atoms with van der Waals surface area (Å²) in [5, 5.41) is 1.02. The molecule has 3 aromatic rings. The number of rotatable bonds is 3. The lowest BCUT2D eigenvalue weighted by Crippen LogP contribution is -1.99. The maximum atomic E-state index is 13.4. The number of aromatic nitrogens is 1. The number of fused-ring (bicyclic) bond motifs is 1. The first-order chi connectivity index (χ1) is 10.1. The highest BCUT2D eigenvalue weighted by Crippen LogP contribution is 2.25. The van der Waals surface area contributed by atoms with E-state index < -0.39 is 5.82 Å². The van der Waals surface area contributed by atoms with Crippen molar-refractivity contribution in [2.24, 2.45) is 0 Å². The number of aryl methyl sites for hydroxylation is 1. The van der Waals surface area contributed by atoms with Gasteiger partial charge in [0, 0.05) is 11.1 Å². The number of para-hydroxylation sites is 1. The van der Waals surface area contributed by atoms with Crippen LogP contribution in [-0.2, 0) is 6.61 Å². The SMILES string of the molecule is Cc1ccc2cccc(OCc3ccc(N)c(F)c3)c2n1. The molecule has 0 spiro atoms. The fourth-order valence-corrected chi connectivity index (χ4v) is 2.16. The predicted molar refractivity (Wildman–Crippen MR) is 81.6 cm³/mol. The van der Waals surface area contributed by atoms with Crippen LogP contribution in [0, 0.1) is 12.7 Å². The van der Waals surface area contributed by atoms with Crippen molar-refractivity contribution in [2.75, 3.05) is 5.73 Å². The molecule has 1 aromatic heterocycles. The summed E-state index contributed by atoms with van der Waals surface area (Å²) >= 11 is 0. The van der Waals surface area contributed by atoms with Crippen LogP contribution in [0.3, 0.4) is 0 Å². The molecular formula is C17H15FN2O. The van der Waals surface area contributed by atoms with Gasteiger partial charge in [-0.15, -0.1) is 0 Å². The third-order valence-electron chi connectivity index (χ3n) is 3.28. The van der Waals surface area contributed by atoms with Gasteiger partial charge in [0.15, 0.2) is 0 Å². The van der Waals surface area contributed by atoms with Gasteiger partial charge in [-0.2, -0.15) is 0 Å². The lowest BCUT2D eigenvalue weighted by Gasteiger charge is -2.10. The average molecular weight is 282 g/mol. The minimum atomic E-state index is -0.428. The normalized spacial score (nSPS) is 10.8. The largest absolute Gasteiger partial charge is 0.487 e. The molecule has 0 aliphatic heterocycles. The first kappa shape index (κ1) is 13.4. The van der Waals surface area contributed by atoms with Crippen LogP contribution in [0.25, 0.3) is 10.9 Å². The molecule has 0 amide bonds. The van der Waals surface area contributed by atoms with Gasteiger partial charge in [-0.1, -0.05) is 24.3 Å². The van der Waals surface area contributed by atoms with Crippen LogP contribution < -0.4 is 10.5 Å². The standard InChI is InChI=1S/C17H15FN2O/c1-11-5-7-13-3-2-4-16(17(13)20-11)21-10-12-6-8-15(19)14(18)9-12/h2-9H,10,19H2,1H3. The van der Waals surface area contributed by atoms with Gasteiger partial charge in [-0.3, -0.25) is 0 Å². The number of hydrogen-bond acceptors (Lipinski definition) is 3. The minimum Gasteiger partial charge on any atom is -0.487 e. The molecule has 3 rings (SSSR count). The van der Waals surface area contributed by atoms with E-state index >= 15 is 0 Å². The Morgan fingerprint density at radius 3 is 2.81 bits per heavy atom. The van der Waals surface area contributed by atoms with Gasteiger partial charge in [0.1, 0.15) is 23.7 Å². The van der Waals surface area contributed by atoms with E-state index in [2.05, 4.69) is 4.98 Å². The molecule has 4 heteroatoms. The number of nitrogen functional groups attached to an aromatic ring is 1. The molecule has 0 radical (unpaired) electrons. The predicted octanol–water partition coefficient (Wildman–Crippen LogP) is 3.84. The summed E-state index contributed by atoms with van der Waals surface area (Å²) < 4.78 is 19.2. The quantitative estimate of drug-likeness (QED) is 0.742. The van der Waals surface area contributed by atoms with Crippen molar-refractivity contribution in [3.8, 4) is 5.75 Å². The number of nitrogens with zero attached hydrogens (tertiary/aromatic N) is 1. The van der Waals surface area contributed by atoms with Crippen molar-refractivity contribution in [3.05, 3.63) is 65.6 Å². The van der Waals surface area contributed by atoms with E-state index in [0.717, 1.165) is 22.2 Å². The van der Waals surface area contributed by atoms with Crippen LogP contribution >= 0.6 is 0 Å². The van der Waals surface area contributed by atoms with Gasteiger partial charge in [0.05, 0.1) is 5.69 Å². The molecular weight excluding hydrogens is 267 g/mol. The highest BCUT2D eigenvalue weighted by Gasteiger charge is 2.05. The number of hydrogen-bond donors (Lipinski definition) is 1. The number of anilines is 1. The van der Waals surface area contributed by atoms with E-state index in [0.29, 0.717) is 5.75 Å². The Morgan fingerprint density at radius 2 is 2.00 bits per heavy atom. The molecule has 1 heterocycles. The first-order valence-electron chi connectivity index (χ1n) is 6.66. The van der Waals surface area contributed by atoms with E-state index in [4.69, 9.17) is 10.5 Å². The van der Waals surface area contributed by atoms with E-state index in [1.807, 2.05) is 37.3 Å².